The minimum Gasteiger partial charge on any atom is -0.272 e. The summed E-state index contributed by atoms with van der Waals surface area (Å²) < 4.78 is 2.22. The van der Waals surface area contributed by atoms with E-state index < -0.39 is 4.92 Å². The van der Waals surface area contributed by atoms with E-state index in [0.29, 0.717) is 24.9 Å². The molecule has 3 aromatic carbocycles. The van der Waals surface area contributed by atoms with Gasteiger partial charge in [0.25, 0.3) is 11.2 Å². The maximum atomic E-state index is 13.8. The zero-order chi connectivity index (χ0) is 27.1. The summed E-state index contributed by atoms with van der Waals surface area (Å²) in [5.74, 6) is 0. The third-order valence-corrected chi connectivity index (χ3v) is 8.40. The lowest BCUT2D eigenvalue weighted by molar-refractivity contribution is -0.384. The number of benzene rings is 3. The number of fused-ring (bicyclic) bond motifs is 1. The van der Waals surface area contributed by atoms with Gasteiger partial charge < -0.3 is 0 Å². The second-order valence-corrected chi connectivity index (χ2v) is 11.3. The number of non-ortho nitro benzene ring substituents is 1. The molecule has 194 valence electrons. The third kappa shape index (κ3) is 5.01. The van der Waals surface area contributed by atoms with Crippen LogP contribution in [0.4, 0.5) is 5.69 Å². The Bertz CT molecular complexity index is 1850. The van der Waals surface area contributed by atoms with Crippen molar-refractivity contribution in [3.63, 3.8) is 0 Å². The molecule has 0 fully saturated rings. The summed E-state index contributed by atoms with van der Waals surface area (Å²) in [5.41, 5.74) is 5.51. The molecule has 1 atom stereocenters. The number of hydrogen-bond acceptors (Lipinski definition) is 5. The molecular weight excluding hydrogens is 553 g/mol. The zero-order valence-electron chi connectivity index (χ0n) is 20.5. The van der Waals surface area contributed by atoms with E-state index >= 15 is 0 Å². The van der Waals surface area contributed by atoms with Gasteiger partial charge in [0.2, 0.25) is 0 Å². The van der Waals surface area contributed by atoms with Gasteiger partial charge in [0, 0.05) is 22.2 Å². The van der Waals surface area contributed by atoms with Gasteiger partial charge in [0.1, 0.15) is 0 Å². The van der Waals surface area contributed by atoms with E-state index in [0.717, 1.165) is 47.2 Å². The maximum absolute atomic E-state index is 13.8. The molecule has 1 aromatic heterocycles. The first-order valence-corrected chi connectivity index (χ1v) is 14.0. The smallest absolute Gasteiger partial charge is 0.271 e. The molecule has 6 rings (SSSR count). The average molecular weight is 574 g/mol. The summed E-state index contributed by atoms with van der Waals surface area (Å²) in [6, 6.07) is 21.2. The van der Waals surface area contributed by atoms with Gasteiger partial charge >= 0.3 is 0 Å². The normalized spacial score (nSPS) is 18.1. The van der Waals surface area contributed by atoms with Crippen LogP contribution >= 0.6 is 34.5 Å². The van der Waals surface area contributed by atoms with Crippen LogP contribution in [0.3, 0.4) is 0 Å². The highest BCUT2D eigenvalue weighted by molar-refractivity contribution is 7.07. The fourth-order valence-corrected chi connectivity index (χ4v) is 6.39. The van der Waals surface area contributed by atoms with Crippen molar-refractivity contribution < 1.29 is 4.92 Å². The Labute approximate surface area is 237 Å². The van der Waals surface area contributed by atoms with E-state index in [9.17, 15) is 14.9 Å². The molecule has 6 nitrogen and oxygen atoms in total. The average Bonchev–Trinajstić information content (AvgIpc) is 3.24. The van der Waals surface area contributed by atoms with E-state index in [1.807, 2.05) is 48.5 Å². The molecule has 2 heterocycles. The lowest BCUT2D eigenvalue weighted by Gasteiger charge is -2.31. The quantitative estimate of drug-likeness (QED) is 0.201. The van der Waals surface area contributed by atoms with Crippen LogP contribution in [0.5, 0.6) is 0 Å². The van der Waals surface area contributed by atoms with Gasteiger partial charge in [-0.1, -0.05) is 70.9 Å². The summed E-state index contributed by atoms with van der Waals surface area (Å²) >= 11 is 13.6. The van der Waals surface area contributed by atoms with Crippen LogP contribution in [0, 0.1) is 10.1 Å². The Kier molecular flexibility index (Phi) is 6.81. The highest BCUT2D eigenvalue weighted by Gasteiger charge is 2.32. The highest BCUT2D eigenvalue weighted by Crippen LogP contribution is 2.41. The van der Waals surface area contributed by atoms with E-state index in [-0.39, 0.29) is 17.3 Å². The summed E-state index contributed by atoms with van der Waals surface area (Å²) in [7, 11) is 0. The molecule has 2 aliphatic rings. The SMILES string of the molecule is O=c1c(=Cc2cccc([N+](=O)[O-])c2)sc2n1C(c1ccc(Cl)cc1)C1=C(N=2)C(=Cc2ccc(Cl)cc2)CCC1. The van der Waals surface area contributed by atoms with Crippen molar-refractivity contribution in [3.8, 4) is 0 Å². The molecule has 0 amide bonds. The maximum Gasteiger partial charge on any atom is 0.271 e. The number of thiazole rings is 1. The second-order valence-electron chi connectivity index (χ2n) is 9.43. The van der Waals surface area contributed by atoms with Crippen LogP contribution in [0.1, 0.15) is 42.0 Å². The molecule has 1 aliphatic heterocycles. The Morgan fingerprint density at radius 3 is 2.38 bits per heavy atom. The van der Waals surface area contributed by atoms with Crippen molar-refractivity contribution in [2.45, 2.75) is 25.3 Å². The molecule has 9 heteroatoms. The Hall–Kier alpha value is -3.78. The third-order valence-electron chi connectivity index (χ3n) is 6.91. The van der Waals surface area contributed by atoms with Crippen molar-refractivity contribution in [1.29, 1.82) is 0 Å². The molecule has 1 aliphatic carbocycles. The largest absolute Gasteiger partial charge is 0.272 e. The Balaban J connectivity index is 1.56. The number of nitro groups is 1. The predicted octanol–water partition coefficient (Wildman–Crippen LogP) is 6.70. The number of rotatable bonds is 4. The van der Waals surface area contributed by atoms with Crippen LogP contribution in [-0.2, 0) is 0 Å². The molecule has 0 saturated carbocycles. The van der Waals surface area contributed by atoms with Crippen molar-refractivity contribution in [3.05, 3.63) is 146 Å². The number of hydrogen-bond donors (Lipinski definition) is 0. The zero-order valence-corrected chi connectivity index (χ0v) is 22.8. The second kappa shape index (κ2) is 10.4. The van der Waals surface area contributed by atoms with Gasteiger partial charge in [-0.15, -0.1) is 0 Å². The molecule has 0 bridgehead atoms. The molecule has 0 N–H and O–H groups in total. The minimum atomic E-state index is -0.442. The van der Waals surface area contributed by atoms with Crippen molar-refractivity contribution >= 4 is 52.4 Å². The minimum absolute atomic E-state index is 0.0250. The van der Waals surface area contributed by atoms with Crippen LogP contribution in [0.2, 0.25) is 10.0 Å². The van der Waals surface area contributed by atoms with E-state index in [1.165, 1.54) is 23.5 Å². The fraction of sp³-hybridized carbons (Fsp3) is 0.133. The van der Waals surface area contributed by atoms with Gasteiger partial charge in [0.05, 0.1) is 21.2 Å². The van der Waals surface area contributed by atoms with Crippen LogP contribution in [0.25, 0.3) is 12.2 Å². The fourth-order valence-electron chi connectivity index (χ4n) is 5.14. The number of nitrogens with zero attached hydrogens (tertiary/aromatic N) is 3. The van der Waals surface area contributed by atoms with Gasteiger partial charge in [-0.25, -0.2) is 4.99 Å². The highest BCUT2D eigenvalue weighted by atomic mass is 35.5. The summed E-state index contributed by atoms with van der Waals surface area (Å²) in [6.45, 7) is 0. The lowest BCUT2D eigenvalue weighted by atomic mass is 9.84. The standard InChI is InChI=1S/C30H21Cl2N3O3S/c31-22-11-7-18(8-12-22)15-21-4-2-6-25-27(21)33-30-34(28(25)20-9-13-23(32)14-10-20)29(36)26(39-30)17-19-3-1-5-24(16-19)35(37)38/h1,3,5,7-17,28H,2,4,6H2. The van der Waals surface area contributed by atoms with Crippen LogP contribution < -0.4 is 14.9 Å². The summed E-state index contributed by atoms with van der Waals surface area (Å²) in [5, 5.41) is 12.6. The van der Waals surface area contributed by atoms with Crippen molar-refractivity contribution in [1.82, 2.24) is 4.57 Å². The first-order valence-electron chi connectivity index (χ1n) is 12.4. The number of nitro benzene ring substituents is 1. The number of aromatic nitrogens is 1. The predicted molar refractivity (Wildman–Crippen MR) is 156 cm³/mol. The monoisotopic (exact) mass is 573 g/mol. The Morgan fingerprint density at radius 2 is 1.67 bits per heavy atom. The van der Waals surface area contributed by atoms with Gasteiger partial charge in [-0.2, -0.15) is 0 Å². The van der Waals surface area contributed by atoms with Crippen LogP contribution in [0.15, 0.2) is 99.4 Å². The first-order chi connectivity index (χ1) is 18.9. The Morgan fingerprint density at radius 1 is 0.949 bits per heavy atom. The summed E-state index contributed by atoms with van der Waals surface area (Å²) in [6.07, 6.45) is 6.48. The van der Waals surface area contributed by atoms with E-state index in [1.54, 1.807) is 22.8 Å². The molecule has 0 spiro atoms. The molecule has 0 radical (unpaired) electrons. The van der Waals surface area contributed by atoms with Crippen molar-refractivity contribution in [2.24, 2.45) is 4.99 Å². The van der Waals surface area contributed by atoms with E-state index in [4.69, 9.17) is 28.2 Å². The van der Waals surface area contributed by atoms with Gasteiger partial charge in [-0.3, -0.25) is 19.5 Å². The van der Waals surface area contributed by atoms with Gasteiger partial charge in [0.15, 0.2) is 4.80 Å². The molecule has 39 heavy (non-hydrogen) atoms. The van der Waals surface area contributed by atoms with E-state index in [2.05, 4.69) is 6.08 Å². The number of allylic oxidation sites excluding steroid dienone is 2. The van der Waals surface area contributed by atoms with Crippen LogP contribution in [-0.4, -0.2) is 9.49 Å². The summed E-state index contributed by atoms with van der Waals surface area (Å²) in [4.78, 5) is 30.3. The molecule has 0 saturated heterocycles. The van der Waals surface area contributed by atoms with Gasteiger partial charge in [-0.05, 0) is 83.5 Å². The molecular formula is C30H21Cl2N3O3S. The molecule has 1 unspecified atom stereocenters. The number of halogens is 2. The lowest BCUT2D eigenvalue weighted by Crippen LogP contribution is -2.39. The molecule has 4 aromatic rings. The topological polar surface area (TPSA) is 77.5 Å². The first kappa shape index (κ1) is 25.5. The van der Waals surface area contributed by atoms with Crippen molar-refractivity contribution in [2.75, 3.05) is 0 Å².